The zero-order valence-electron chi connectivity index (χ0n) is 11.6. The fourth-order valence-corrected chi connectivity index (χ4v) is 2.73. The lowest BCUT2D eigenvalue weighted by molar-refractivity contribution is 0.116. The normalized spacial score (nSPS) is 24.4. The number of benzene rings is 1. The largest absolute Gasteiger partial charge is 0.384 e. The van der Waals surface area contributed by atoms with Crippen molar-refractivity contribution < 1.29 is 4.39 Å². The van der Waals surface area contributed by atoms with Crippen LogP contribution in [0.2, 0.25) is 0 Å². The van der Waals surface area contributed by atoms with E-state index in [0.717, 1.165) is 13.0 Å². The number of nitrogen functional groups attached to an aromatic ring is 1. The van der Waals surface area contributed by atoms with Crippen molar-refractivity contribution in [3.63, 3.8) is 0 Å². The van der Waals surface area contributed by atoms with Crippen LogP contribution in [0, 0.1) is 17.1 Å². The van der Waals surface area contributed by atoms with Crippen molar-refractivity contribution in [2.75, 3.05) is 6.54 Å². The fraction of sp³-hybridized carbons (Fsp3) is 0.533. The molecule has 19 heavy (non-hydrogen) atoms. The first-order chi connectivity index (χ1) is 8.99. The van der Waals surface area contributed by atoms with Crippen molar-refractivity contribution in [2.45, 2.75) is 39.3 Å². The van der Waals surface area contributed by atoms with Gasteiger partial charge in [-0.3, -0.25) is 10.3 Å². The third-order valence-electron chi connectivity index (χ3n) is 3.99. The molecule has 1 fully saturated rings. The minimum atomic E-state index is -0.347. The molecule has 0 aliphatic carbocycles. The van der Waals surface area contributed by atoms with Crippen molar-refractivity contribution >= 4 is 5.84 Å². The summed E-state index contributed by atoms with van der Waals surface area (Å²) in [7, 11) is 0. The van der Waals surface area contributed by atoms with Gasteiger partial charge in [-0.15, -0.1) is 0 Å². The van der Waals surface area contributed by atoms with Crippen LogP contribution in [0.3, 0.4) is 0 Å². The van der Waals surface area contributed by atoms with Crippen LogP contribution in [0.1, 0.15) is 37.8 Å². The van der Waals surface area contributed by atoms with Gasteiger partial charge in [-0.2, -0.15) is 0 Å². The number of hydrogen-bond acceptors (Lipinski definition) is 2. The molecule has 1 aliphatic rings. The van der Waals surface area contributed by atoms with Gasteiger partial charge >= 0.3 is 0 Å². The molecule has 0 amide bonds. The van der Waals surface area contributed by atoms with E-state index in [1.54, 1.807) is 18.2 Å². The monoisotopic (exact) mass is 263 g/mol. The van der Waals surface area contributed by atoms with E-state index in [-0.39, 0.29) is 17.2 Å². The Labute approximate surface area is 114 Å². The Morgan fingerprint density at radius 2 is 2.16 bits per heavy atom. The molecule has 104 valence electrons. The van der Waals surface area contributed by atoms with Crippen LogP contribution >= 0.6 is 0 Å². The van der Waals surface area contributed by atoms with Crippen molar-refractivity contribution in [1.29, 1.82) is 5.41 Å². The van der Waals surface area contributed by atoms with Gasteiger partial charge in [0.25, 0.3) is 0 Å². The number of rotatable bonds is 3. The van der Waals surface area contributed by atoms with Gasteiger partial charge in [0.2, 0.25) is 0 Å². The smallest absolute Gasteiger partial charge is 0.138 e. The third-order valence-corrected chi connectivity index (χ3v) is 3.99. The molecule has 2 rings (SSSR count). The SMILES string of the molecule is CC1CCC(C)N(Cc2cccc(C(=N)N)c2F)C1. The highest BCUT2D eigenvalue weighted by Gasteiger charge is 2.24. The molecule has 2 unspecified atom stereocenters. The minimum Gasteiger partial charge on any atom is -0.384 e. The van der Waals surface area contributed by atoms with Crippen LogP contribution in [-0.4, -0.2) is 23.3 Å². The lowest BCUT2D eigenvalue weighted by Crippen LogP contribution is -2.40. The van der Waals surface area contributed by atoms with Gasteiger partial charge < -0.3 is 5.73 Å². The maximum atomic E-state index is 14.3. The number of amidine groups is 1. The Morgan fingerprint density at radius 3 is 2.84 bits per heavy atom. The Kier molecular flexibility index (Phi) is 4.20. The van der Waals surface area contributed by atoms with Crippen LogP contribution < -0.4 is 5.73 Å². The summed E-state index contributed by atoms with van der Waals surface area (Å²) in [6.45, 7) is 6.03. The zero-order valence-corrected chi connectivity index (χ0v) is 11.6. The van der Waals surface area contributed by atoms with Crippen LogP contribution in [0.4, 0.5) is 4.39 Å². The third kappa shape index (κ3) is 3.13. The van der Waals surface area contributed by atoms with E-state index in [2.05, 4.69) is 18.7 Å². The van der Waals surface area contributed by atoms with Crippen LogP contribution in [0.25, 0.3) is 0 Å². The van der Waals surface area contributed by atoms with Crippen molar-refractivity contribution in [3.8, 4) is 0 Å². The van der Waals surface area contributed by atoms with E-state index in [1.807, 2.05) is 0 Å². The molecule has 2 atom stereocenters. The summed E-state index contributed by atoms with van der Waals surface area (Å²) in [6, 6.07) is 5.60. The summed E-state index contributed by atoms with van der Waals surface area (Å²) < 4.78 is 14.3. The van der Waals surface area contributed by atoms with E-state index < -0.39 is 0 Å². The summed E-state index contributed by atoms with van der Waals surface area (Å²) >= 11 is 0. The molecular weight excluding hydrogens is 241 g/mol. The first-order valence-electron chi connectivity index (χ1n) is 6.85. The molecular formula is C15H22FN3. The van der Waals surface area contributed by atoms with E-state index in [4.69, 9.17) is 11.1 Å². The maximum Gasteiger partial charge on any atom is 0.138 e. The minimum absolute atomic E-state index is 0.204. The first-order valence-corrected chi connectivity index (χ1v) is 6.85. The number of nitrogens with two attached hydrogens (primary N) is 1. The summed E-state index contributed by atoms with van der Waals surface area (Å²) in [5.41, 5.74) is 6.23. The second-order valence-electron chi connectivity index (χ2n) is 5.65. The van der Waals surface area contributed by atoms with E-state index in [9.17, 15) is 4.39 Å². The molecule has 1 saturated heterocycles. The molecule has 3 nitrogen and oxygen atoms in total. The summed E-state index contributed by atoms with van der Waals surface area (Å²) in [5, 5.41) is 7.39. The number of likely N-dealkylation sites (tertiary alicyclic amines) is 1. The molecule has 0 aromatic heterocycles. The fourth-order valence-electron chi connectivity index (χ4n) is 2.73. The molecule has 0 spiro atoms. The summed E-state index contributed by atoms with van der Waals surface area (Å²) in [4.78, 5) is 2.32. The van der Waals surface area contributed by atoms with Gasteiger partial charge in [0, 0.05) is 24.7 Å². The number of halogens is 1. The Balaban J connectivity index is 2.19. The maximum absolute atomic E-state index is 14.3. The molecule has 4 heteroatoms. The van der Waals surface area contributed by atoms with Crippen molar-refractivity contribution in [2.24, 2.45) is 11.7 Å². The molecule has 1 aromatic carbocycles. The average Bonchev–Trinajstić information content (AvgIpc) is 2.36. The highest BCUT2D eigenvalue weighted by atomic mass is 19.1. The Bertz CT molecular complexity index is 472. The molecule has 3 N–H and O–H groups in total. The van der Waals surface area contributed by atoms with Crippen LogP contribution in [0.15, 0.2) is 18.2 Å². The predicted molar refractivity (Wildman–Crippen MR) is 75.7 cm³/mol. The summed E-state index contributed by atoms with van der Waals surface area (Å²) in [6.07, 6.45) is 2.41. The van der Waals surface area contributed by atoms with Crippen LogP contribution in [0.5, 0.6) is 0 Å². The molecule has 0 radical (unpaired) electrons. The molecule has 0 saturated carbocycles. The standard InChI is InChI=1S/C15H22FN3/c1-10-6-7-11(2)19(8-10)9-12-4-3-5-13(14(12)16)15(17)18/h3-5,10-11H,6-9H2,1-2H3,(H3,17,18). The average molecular weight is 263 g/mol. The number of nitrogens with one attached hydrogen (secondary N) is 1. The van der Waals surface area contributed by atoms with Gasteiger partial charge in [-0.25, -0.2) is 4.39 Å². The highest BCUT2D eigenvalue weighted by Crippen LogP contribution is 2.24. The second kappa shape index (κ2) is 5.70. The van der Waals surface area contributed by atoms with E-state index >= 15 is 0 Å². The molecule has 0 bridgehead atoms. The van der Waals surface area contributed by atoms with E-state index in [1.165, 1.54) is 6.42 Å². The first kappa shape index (κ1) is 14.0. The molecule has 1 aliphatic heterocycles. The molecule has 1 heterocycles. The lowest BCUT2D eigenvalue weighted by Gasteiger charge is -2.36. The topological polar surface area (TPSA) is 53.1 Å². The van der Waals surface area contributed by atoms with Gasteiger partial charge in [0.15, 0.2) is 0 Å². The van der Waals surface area contributed by atoms with Gasteiger partial charge in [-0.1, -0.05) is 19.1 Å². The summed E-state index contributed by atoms with van der Waals surface area (Å²) in [5.74, 6) is 0.107. The molecule has 1 aromatic rings. The number of nitrogens with zero attached hydrogens (tertiary/aromatic N) is 1. The van der Waals surface area contributed by atoms with Crippen molar-refractivity contribution in [1.82, 2.24) is 4.90 Å². The van der Waals surface area contributed by atoms with Crippen LogP contribution in [-0.2, 0) is 6.54 Å². The Hall–Kier alpha value is -1.42. The lowest BCUT2D eigenvalue weighted by atomic mass is 9.94. The van der Waals surface area contributed by atoms with Crippen molar-refractivity contribution in [3.05, 3.63) is 35.1 Å². The quantitative estimate of drug-likeness (QED) is 0.651. The van der Waals surface area contributed by atoms with Gasteiger partial charge in [0.1, 0.15) is 11.7 Å². The number of hydrogen-bond donors (Lipinski definition) is 2. The Morgan fingerprint density at radius 1 is 1.42 bits per heavy atom. The predicted octanol–water partition coefficient (Wildman–Crippen LogP) is 2.73. The second-order valence-corrected chi connectivity index (χ2v) is 5.65. The highest BCUT2D eigenvalue weighted by molar-refractivity contribution is 5.95. The van der Waals surface area contributed by atoms with Gasteiger partial charge in [-0.05, 0) is 31.7 Å². The van der Waals surface area contributed by atoms with E-state index in [0.29, 0.717) is 24.1 Å². The zero-order chi connectivity index (χ0) is 14.0. The number of piperidine rings is 1. The van der Waals surface area contributed by atoms with Gasteiger partial charge in [0.05, 0.1) is 5.56 Å².